The molecule has 0 aromatic heterocycles. The largest absolute Gasteiger partial charge is 0.390 e. The number of likely N-dealkylation sites (N-methyl/N-ethyl adjacent to an activating group) is 1. The van der Waals surface area contributed by atoms with Gasteiger partial charge in [-0.3, -0.25) is 9.59 Å². The average Bonchev–Trinajstić information content (AvgIpc) is 2.94. The predicted molar refractivity (Wildman–Crippen MR) is 125 cm³/mol. The van der Waals surface area contributed by atoms with Gasteiger partial charge in [0.2, 0.25) is 11.8 Å². The number of aliphatic hydroxyl groups is 2. The number of carbonyl (C=O) groups excluding carboxylic acids is 2. The lowest BCUT2D eigenvalue weighted by Gasteiger charge is -2.40. The van der Waals surface area contributed by atoms with Crippen LogP contribution in [0.1, 0.15) is 76.7 Å². The maximum Gasteiger partial charge on any atom is 0.222 e. The number of hydrogen-bond donors (Lipinski definition) is 3. The van der Waals surface area contributed by atoms with Gasteiger partial charge < -0.3 is 20.4 Å². The molecule has 0 aliphatic heterocycles. The number of benzene rings is 1. The van der Waals surface area contributed by atoms with E-state index in [1.807, 2.05) is 30.3 Å². The van der Waals surface area contributed by atoms with Gasteiger partial charge >= 0.3 is 0 Å². The van der Waals surface area contributed by atoms with Crippen LogP contribution in [0.25, 0.3) is 0 Å². The summed E-state index contributed by atoms with van der Waals surface area (Å²) in [5.74, 6) is 0.531. The molecule has 2 amide bonds. The van der Waals surface area contributed by atoms with E-state index in [2.05, 4.69) is 5.32 Å². The second-order valence-corrected chi connectivity index (χ2v) is 9.97. The number of nitrogens with one attached hydrogen (secondary N) is 1. The summed E-state index contributed by atoms with van der Waals surface area (Å²) in [4.78, 5) is 26.5. The summed E-state index contributed by atoms with van der Waals surface area (Å²) in [5.41, 5.74) is 0.594. The summed E-state index contributed by atoms with van der Waals surface area (Å²) in [7, 11) is 1.75. The van der Waals surface area contributed by atoms with Crippen molar-refractivity contribution in [1.29, 1.82) is 0 Å². The Labute approximate surface area is 192 Å². The summed E-state index contributed by atoms with van der Waals surface area (Å²) in [5, 5.41) is 24.6. The number of amides is 2. The number of aliphatic hydroxyl groups excluding tert-OH is 2. The number of rotatable bonds is 7. The van der Waals surface area contributed by atoms with Gasteiger partial charge in [-0.25, -0.2) is 0 Å². The first-order chi connectivity index (χ1) is 15.3. The Morgan fingerprint density at radius 3 is 2.44 bits per heavy atom. The van der Waals surface area contributed by atoms with E-state index in [1.165, 1.54) is 39.0 Å². The molecule has 2 saturated carbocycles. The van der Waals surface area contributed by atoms with Crippen molar-refractivity contribution in [1.82, 2.24) is 10.2 Å². The van der Waals surface area contributed by atoms with Crippen molar-refractivity contribution in [2.75, 3.05) is 13.6 Å². The van der Waals surface area contributed by atoms with E-state index in [0.717, 1.165) is 12.0 Å². The Hall–Kier alpha value is -1.92. The minimum atomic E-state index is -1.01. The normalized spacial score (nSPS) is 29.2. The van der Waals surface area contributed by atoms with Crippen LogP contribution >= 0.6 is 0 Å². The van der Waals surface area contributed by atoms with E-state index in [4.69, 9.17) is 0 Å². The Morgan fingerprint density at radius 2 is 1.78 bits per heavy atom. The standard InChI is InChI=1S/C26H40N2O4/c1-19(29)27-18-26(21-11-7-4-8-12-21)16-15-23(30)25(32)22(17-26)28(2)24(31)14-13-20-9-5-3-6-10-20/h4,7-8,11-12,20,22-23,25,30,32H,3,5-6,9-10,13-18H2,1-2H3,(H,27,29)/t22-,23-,25+,26+/m0/s1. The molecule has 0 saturated heterocycles. The lowest BCUT2D eigenvalue weighted by molar-refractivity contribution is -0.137. The van der Waals surface area contributed by atoms with E-state index >= 15 is 0 Å². The van der Waals surface area contributed by atoms with Crippen molar-refractivity contribution in [2.24, 2.45) is 5.92 Å². The van der Waals surface area contributed by atoms with E-state index in [1.54, 1.807) is 11.9 Å². The van der Waals surface area contributed by atoms with Crippen molar-refractivity contribution in [3.05, 3.63) is 35.9 Å². The third kappa shape index (κ3) is 6.10. The molecule has 2 fully saturated rings. The summed E-state index contributed by atoms with van der Waals surface area (Å²) < 4.78 is 0. The summed E-state index contributed by atoms with van der Waals surface area (Å²) >= 11 is 0. The third-order valence-electron chi connectivity index (χ3n) is 7.75. The van der Waals surface area contributed by atoms with Crippen molar-refractivity contribution >= 4 is 11.8 Å². The van der Waals surface area contributed by atoms with Crippen LogP contribution in [0.2, 0.25) is 0 Å². The van der Waals surface area contributed by atoms with Crippen molar-refractivity contribution in [3.8, 4) is 0 Å². The van der Waals surface area contributed by atoms with Crippen LogP contribution < -0.4 is 5.32 Å². The lowest BCUT2D eigenvalue weighted by atomic mass is 9.73. The maximum atomic E-state index is 13.1. The molecule has 2 aliphatic carbocycles. The van der Waals surface area contributed by atoms with Crippen molar-refractivity contribution < 1.29 is 19.8 Å². The second kappa shape index (κ2) is 11.3. The van der Waals surface area contributed by atoms with E-state index in [-0.39, 0.29) is 11.8 Å². The molecule has 6 nitrogen and oxygen atoms in total. The molecule has 0 radical (unpaired) electrons. The Bertz CT molecular complexity index is 749. The smallest absolute Gasteiger partial charge is 0.222 e. The predicted octanol–water partition coefficient (Wildman–Crippen LogP) is 3.15. The zero-order chi connectivity index (χ0) is 23.1. The van der Waals surface area contributed by atoms with E-state index < -0.39 is 23.7 Å². The van der Waals surface area contributed by atoms with Gasteiger partial charge in [0.15, 0.2) is 0 Å². The highest BCUT2D eigenvalue weighted by Gasteiger charge is 2.44. The molecule has 3 N–H and O–H groups in total. The molecule has 0 bridgehead atoms. The molecule has 32 heavy (non-hydrogen) atoms. The van der Waals surface area contributed by atoms with Gasteiger partial charge in [0.1, 0.15) is 6.10 Å². The summed E-state index contributed by atoms with van der Waals surface area (Å²) in [6, 6.07) is 9.45. The fraction of sp³-hybridized carbons (Fsp3) is 0.692. The minimum absolute atomic E-state index is 0.0233. The van der Waals surface area contributed by atoms with Crippen LogP contribution in [0.4, 0.5) is 0 Å². The van der Waals surface area contributed by atoms with E-state index in [9.17, 15) is 19.8 Å². The highest BCUT2D eigenvalue weighted by Crippen LogP contribution is 2.40. The Kier molecular flexibility index (Phi) is 8.72. The molecule has 1 aromatic carbocycles. The highest BCUT2D eigenvalue weighted by molar-refractivity contribution is 5.76. The van der Waals surface area contributed by atoms with Gasteiger partial charge in [-0.05, 0) is 37.2 Å². The molecule has 6 heteroatoms. The Balaban J connectivity index is 1.80. The van der Waals surface area contributed by atoms with Crippen LogP contribution in [-0.2, 0) is 15.0 Å². The van der Waals surface area contributed by atoms with Crippen LogP contribution in [0.3, 0.4) is 0 Å². The molecule has 0 spiro atoms. The average molecular weight is 445 g/mol. The van der Waals surface area contributed by atoms with Crippen molar-refractivity contribution in [3.63, 3.8) is 0 Å². The van der Waals surface area contributed by atoms with Gasteiger partial charge in [-0.1, -0.05) is 62.4 Å². The zero-order valence-electron chi connectivity index (χ0n) is 19.6. The summed E-state index contributed by atoms with van der Waals surface area (Å²) in [6.45, 7) is 1.91. The van der Waals surface area contributed by atoms with Crippen LogP contribution in [0.15, 0.2) is 30.3 Å². The van der Waals surface area contributed by atoms with Crippen molar-refractivity contribution in [2.45, 2.75) is 94.8 Å². The molecule has 2 aliphatic rings. The SMILES string of the molecule is CC(=O)NC[C@@]1(c2ccccc2)CC[C@H](O)[C@H](O)[C@@H](N(C)C(=O)CCC2CCCCC2)C1. The number of nitrogens with zero attached hydrogens (tertiary/aromatic N) is 1. The molecule has 3 rings (SSSR count). The monoisotopic (exact) mass is 444 g/mol. The Morgan fingerprint density at radius 1 is 1.09 bits per heavy atom. The zero-order valence-corrected chi connectivity index (χ0v) is 19.6. The first-order valence-corrected chi connectivity index (χ1v) is 12.2. The highest BCUT2D eigenvalue weighted by atomic mass is 16.3. The minimum Gasteiger partial charge on any atom is -0.390 e. The first kappa shape index (κ1) is 24.7. The number of carbonyl (C=O) groups is 2. The van der Waals surface area contributed by atoms with E-state index in [0.29, 0.717) is 38.1 Å². The summed E-state index contributed by atoms with van der Waals surface area (Å²) in [6.07, 6.45) is 7.19. The molecule has 178 valence electrons. The third-order valence-corrected chi connectivity index (χ3v) is 7.75. The van der Waals surface area contributed by atoms with Gasteiger partial charge in [0.25, 0.3) is 0 Å². The van der Waals surface area contributed by atoms with Gasteiger partial charge in [0.05, 0.1) is 12.1 Å². The maximum absolute atomic E-state index is 13.1. The first-order valence-electron chi connectivity index (χ1n) is 12.2. The topological polar surface area (TPSA) is 89.9 Å². The van der Waals surface area contributed by atoms with Crippen LogP contribution in [0.5, 0.6) is 0 Å². The molecule has 1 aromatic rings. The van der Waals surface area contributed by atoms with Gasteiger partial charge in [0, 0.05) is 32.4 Å². The fourth-order valence-corrected chi connectivity index (χ4v) is 5.62. The molecule has 4 atom stereocenters. The fourth-order valence-electron chi connectivity index (χ4n) is 5.62. The second-order valence-electron chi connectivity index (χ2n) is 9.97. The molecule has 0 unspecified atom stereocenters. The van der Waals surface area contributed by atoms with Crippen LogP contribution in [0, 0.1) is 5.92 Å². The molecular formula is C26H40N2O4. The van der Waals surface area contributed by atoms with Gasteiger partial charge in [-0.2, -0.15) is 0 Å². The van der Waals surface area contributed by atoms with Crippen LogP contribution in [-0.4, -0.2) is 58.8 Å². The lowest BCUT2D eigenvalue weighted by Crippen LogP contribution is -2.51. The number of hydrogen-bond acceptors (Lipinski definition) is 4. The quantitative estimate of drug-likeness (QED) is 0.564. The van der Waals surface area contributed by atoms with Gasteiger partial charge in [-0.15, -0.1) is 0 Å². The molecule has 0 heterocycles. The molecular weight excluding hydrogens is 404 g/mol.